The Bertz CT molecular complexity index is 1340. The van der Waals surface area contributed by atoms with Gasteiger partial charge in [-0.3, -0.25) is 9.78 Å². The average Bonchev–Trinajstić information content (AvgIpc) is 3.56. The van der Waals surface area contributed by atoms with Gasteiger partial charge in [-0.1, -0.05) is 0 Å². The van der Waals surface area contributed by atoms with E-state index >= 15 is 0 Å². The maximum Gasteiger partial charge on any atom is 0.310 e. The van der Waals surface area contributed by atoms with E-state index in [2.05, 4.69) is 33.2 Å². The monoisotopic (exact) mass is 504 g/mol. The van der Waals surface area contributed by atoms with Crippen LogP contribution in [-0.2, 0) is 25.4 Å². The van der Waals surface area contributed by atoms with Crippen LogP contribution < -0.4 is 4.90 Å². The molecule has 10 nitrogen and oxygen atoms in total. The van der Waals surface area contributed by atoms with E-state index in [0.29, 0.717) is 31.5 Å². The molecule has 1 fully saturated rings. The quantitative estimate of drug-likeness (QED) is 0.240. The van der Waals surface area contributed by atoms with Crippen molar-refractivity contribution < 1.29 is 19.0 Å². The number of fused-ring (bicyclic) bond motifs is 1. The van der Waals surface area contributed by atoms with Gasteiger partial charge in [0, 0.05) is 43.7 Å². The maximum absolute atomic E-state index is 11.8. The second kappa shape index (κ2) is 11.5. The first-order valence-corrected chi connectivity index (χ1v) is 12.6. The van der Waals surface area contributed by atoms with Crippen molar-refractivity contribution >= 4 is 22.6 Å². The Morgan fingerprint density at radius 3 is 2.73 bits per heavy atom. The lowest BCUT2D eigenvalue weighted by molar-refractivity contribution is -0.142. The summed E-state index contributed by atoms with van der Waals surface area (Å²) in [6.07, 6.45) is 11.4. The summed E-state index contributed by atoms with van der Waals surface area (Å²) in [5.41, 5.74) is 2.98. The normalized spacial score (nSPS) is 14.4. The first-order valence-electron chi connectivity index (χ1n) is 12.6. The van der Waals surface area contributed by atoms with Crippen molar-refractivity contribution in [2.45, 2.75) is 32.3 Å². The fraction of sp³-hybridized carbons (Fsp3) is 0.407. The molecule has 4 heterocycles. The number of ether oxygens (including phenoxy) is 3. The fourth-order valence-corrected chi connectivity index (χ4v) is 4.60. The van der Waals surface area contributed by atoms with E-state index in [1.165, 1.54) is 0 Å². The van der Waals surface area contributed by atoms with Crippen LogP contribution in [0.15, 0.2) is 55.2 Å². The van der Waals surface area contributed by atoms with Crippen LogP contribution in [0.1, 0.15) is 25.3 Å². The number of nitrogens with zero attached hydrogens (tertiary/aromatic N) is 6. The first-order chi connectivity index (χ1) is 18.1. The molecule has 1 aromatic carbocycles. The minimum Gasteiger partial charge on any atom is -0.466 e. The summed E-state index contributed by atoms with van der Waals surface area (Å²) in [4.78, 5) is 23.4. The molecule has 0 saturated carbocycles. The molecule has 0 N–H and O–H groups in total. The Hall–Kier alpha value is -3.76. The van der Waals surface area contributed by atoms with Gasteiger partial charge in [-0.2, -0.15) is 5.10 Å². The Morgan fingerprint density at radius 2 is 1.92 bits per heavy atom. The molecule has 37 heavy (non-hydrogen) atoms. The lowest BCUT2D eigenvalue weighted by Crippen LogP contribution is -2.37. The number of rotatable bonds is 10. The van der Waals surface area contributed by atoms with Crippen LogP contribution in [0.25, 0.3) is 22.5 Å². The van der Waals surface area contributed by atoms with Gasteiger partial charge in [0.25, 0.3) is 0 Å². The third kappa shape index (κ3) is 5.81. The van der Waals surface area contributed by atoms with Gasteiger partial charge in [0.05, 0.1) is 56.5 Å². The highest BCUT2D eigenvalue weighted by Crippen LogP contribution is 2.27. The minimum absolute atomic E-state index is 0.219. The molecule has 194 valence electrons. The SMILES string of the molecule is CCOC(=O)Cc1ccn(-c2cncc(-n3ncc4ccc(N5CCC(OCCOC)CC5)cc43)n2)c1. The molecule has 0 atom stereocenters. The highest BCUT2D eigenvalue weighted by molar-refractivity contribution is 5.83. The van der Waals surface area contributed by atoms with Crippen LogP contribution in [-0.4, -0.2) is 76.4 Å². The number of anilines is 1. The topological polar surface area (TPSA) is 96.5 Å². The predicted octanol–water partition coefficient (Wildman–Crippen LogP) is 3.34. The number of hydrogen-bond donors (Lipinski definition) is 0. The fourth-order valence-electron chi connectivity index (χ4n) is 4.60. The van der Waals surface area contributed by atoms with Crippen LogP contribution in [0.4, 0.5) is 5.69 Å². The van der Waals surface area contributed by atoms with Crippen LogP contribution in [0, 0.1) is 0 Å². The Balaban J connectivity index is 1.33. The van der Waals surface area contributed by atoms with Crippen LogP contribution in [0.2, 0.25) is 0 Å². The number of piperidine rings is 1. The van der Waals surface area contributed by atoms with Gasteiger partial charge < -0.3 is 23.7 Å². The molecular weight excluding hydrogens is 472 g/mol. The van der Waals surface area contributed by atoms with Crippen molar-refractivity contribution in [3.05, 3.63) is 60.8 Å². The molecule has 0 amide bonds. The van der Waals surface area contributed by atoms with Crippen molar-refractivity contribution in [3.8, 4) is 11.6 Å². The van der Waals surface area contributed by atoms with Crippen LogP contribution >= 0.6 is 0 Å². The van der Waals surface area contributed by atoms with Gasteiger partial charge in [-0.25, -0.2) is 9.67 Å². The molecule has 1 aliphatic heterocycles. The summed E-state index contributed by atoms with van der Waals surface area (Å²) in [5.74, 6) is 1.01. The molecule has 1 aliphatic rings. The summed E-state index contributed by atoms with van der Waals surface area (Å²) >= 11 is 0. The number of esters is 1. The van der Waals surface area contributed by atoms with Gasteiger partial charge >= 0.3 is 5.97 Å². The number of methoxy groups -OCH3 is 1. The molecule has 10 heteroatoms. The Kier molecular flexibility index (Phi) is 7.76. The zero-order chi connectivity index (χ0) is 25.6. The molecule has 3 aromatic heterocycles. The second-order valence-electron chi connectivity index (χ2n) is 8.99. The standard InChI is InChI=1S/C27H32N6O4/c1-3-36-27(34)14-20-6-9-32(19-20)25-17-28-18-26(30-25)33-24-15-22(5-4-21(24)16-29-33)31-10-7-23(8-11-31)37-13-12-35-2/h4-6,9,15-19,23H,3,7-8,10-14H2,1-2H3. The summed E-state index contributed by atoms with van der Waals surface area (Å²) < 4.78 is 19.7. The average molecular weight is 505 g/mol. The smallest absolute Gasteiger partial charge is 0.310 e. The minimum atomic E-state index is -0.248. The van der Waals surface area contributed by atoms with Crippen LogP contribution in [0.3, 0.4) is 0 Å². The lowest BCUT2D eigenvalue weighted by Gasteiger charge is -2.33. The van der Waals surface area contributed by atoms with E-state index in [1.54, 1.807) is 26.4 Å². The van der Waals surface area contributed by atoms with E-state index in [4.69, 9.17) is 19.2 Å². The predicted molar refractivity (Wildman–Crippen MR) is 139 cm³/mol. The highest BCUT2D eigenvalue weighted by Gasteiger charge is 2.21. The molecule has 4 aromatic rings. The summed E-state index contributed by atoms with van der Waals surface area (Å²) in [5, 5.41) is 5.63. The van der Waals surface area contributed by atoms with Crippen LogP contribution in [0.5, 0.6) is 0 Å². The van der Waals surface area contributed by atoms with Crippen molar-refractivity contribution in [3.63, 3.8) is 0 Å². The lowest BCUT2D eigenvalue weighted by atomic mass is 10.1. The first kappa shape index (κ1) is 24.9. The van der Waals surface area contributed by atoms with Gasteiger partial charge in [0.2, 0.25) is 0 Å². The van der Waals surface area contributed by atoms with E-state index < -0.39 is 0 Å². The third-order valence-electron chi connectivity index (χ3n) is 6.50. The number of carbonyl (C=O) groups is 1. The maximum atomic E-state index is 11.8. The molecule has 0 bridgehead atoms. The molecule has 0 spiro atoms. The molecule has 1 saturated heterocycles. The summed E-state index contributed by atoms with van der Waals surface area (Å²) in [7, 11) is 1.69. The number of carbonyl (C=O) groups excluding carboxylic acids is 1. The van der Waals surface area contributed by atoms with E-state index in [0.717, 1.165) is 48.1 Å². The third-order valence-corrected chi connectivity index (χ3v) is 6.50. The van der Waals surface area contributed by atoms with Crippen molar-refractivity contribution in [2.24, 2.45) is 0 Å². The molecule has 0 radical (unpaired) electrons. The Labute approximate surface area is 215 Å². The van der Waals surface area contributed by atoms with Crippen molar-refractivity contribution in [1.82, 2.24) is 24.3 Å². The van der Waals surface area contributed by atoms with Gasteiger partial charge in [0.15, 0.2) is 11.6 Å². The number of aromatic nitrogens is 5. The van der Waals surface area contributed by atoms with E-state index in [9.17, 15) is 4.79 Å². The molecular formula is C27H32N6O4. The summed E-state index contributed by atoms with van der Waals surface area (Å²) in [6.45, 7) is 5.32. The van der Waals surface area contributed by atoms with E-state index in [-0.39, 0.29) is 18.5 Å². The highest BCUT2D eigenvalue weighted by atomic mass is 16.5. The number of benzene rings is 1. The van der Waals surface area contributed by atoms with E-state index in [1.807, 2.05) is 33.9 Å². The van der Waals surface area contributed by atoms with Gasteiger partial charge in [0.1, 0.15) is 0 Å². The second-order valence-corrected chi connectivity index (χ2v) is 8.99. The largest absolute Gasteiger partial charge is 0.466 e. The molecule has 5 rings (SSSR count). The van der Waals surface area contributed by atoms with Gasteiger partial charge in [-0.05, 0) is 49.6 Å². The number of hydrogen-bond acceptors (Lipinski definition) is 8. The van der Waals surface area contributed by atoms with Crippen molar-refractivity contribution in [2.75, 3.05) is 44.9 Å². The zero-order valence-corrected chi connectivity index (χ0v) is 21.2. The summed E-state index contributed by atoms with van der Waals surface area (Å²) in [6, 6.07) is 8.29. The Morgan fingerprint density at radius 1 is 1.08 bits per heavy atom. The molecule has 0 aliphatic carbocycles. The molecule has 0 unspecified atom stereocenters. The zero-order valence-electron chi connectivity index (χ0n) is 21.2. The van der Waals surface area contributed by atoms with Gasteiger partial charge in [-0.15, -0.1) is 0 Å². The van der Waals surface area contributed by atoms with Crippen molar-refractivity contribution in [1.29, 1.82) is 0 Å².